The summed E-state index contributed by atoms with van der Waals surface area (Å²) in [5, 5.41) is 3.35. The molecule has 9 heteroatoms. The Morgan fingerprint density at radius 2 is 1.79 bits per heavy atom. The monoisotopic (exact) mass is 382 g/mol. The highest BCUT2D eigenvalue weighted by atomic mass is 32.2. The van der Waals surface area contributed by atoms with Crippen molar-refractivity contribution in [3.05, 3.63) is 29.8 Å². The smallest absolute Gasteiger partial charge is 0.310 e. The zero-order chi connectivity index (χ0) is 17.8. The Morgan fingerprint density at radius 3 is 2.29 bits per heavy atom. The minimum Gasteiger partial charge on any atom is -0.310 e. The van der Waals surface area contributed by atoms with E-state index in [0.717, 1.165) is 18.4 Å². The average Bonchev–Trinajstić information content (AvgIpc) is 2.53. The molecule has 0 atom stereocenters. The Kier molecular flexibility index (Phi) is 6.58. The third-order valence-corrected chi connectivity index (χ3v) is 6.58. The lowest BCUT2D eigenvalue weighted by molar-refractivity contribution is -0.0328. The first-order valence-electron chi connectivity index (χ1n) is 7.75. The third-order valence-electron chi connectivity index (χ3n) is 3.96. The van der Waals surface area contributed by atoms with Gasteiger partial charge in [0.15, 0.2) is 0 Å². The molecule has 0 bridgehead atoms. The van der Waals surface area contributed by atoms with Gasteiger partial charge < -0.3 is 5.32 Å². The summed E-state index contributed by atoms with van der Waals surface area (Å²) in [5.41, 5.74) is -3.36. The largest absolute Gasteiger partial charge is 0.446 e. The van der Waals surface area contributed by atoms with Crippen LogP contribution in [0, 0.1) is 0 Å². The fourth-order valence-corrected chi connectivity index (χ4v) is 4.26. The molecule has 0 saturated carbocycles. The van der Waals surface area contributed by atoms with E-state index in [2.05, 4.69) is 5.32 Å². The minimum absolute atomic E-state index is 0.118. The van der Waals surface area contributed by atoms with Gasteiger partial charge >= 0.3 is 5.51 Å². The van der Waals surface area contributed by atoms with Gasteiger partial charge in [-0.15, -0.1) is 0 Å². The number of halogens is 3. The molecule has 1 fully saturated rings. The van der Waals surface area contributed by atoms with E-state index >= 15 is 0 Å². The molecule has 1 saturated heterocycles. The van der Waals surface area contributed by atoms with Crippen molar-refractivity contribution in [1.29, 1.82) is 0 Å². The zero-order valence-corrected chi connectivity index (χ0v) is 15.0. The topological polar surface area (TPSA) is 49.4 Å². The average molecular weight is 382 g/mol. The lowest BCUT2D eigenvalue weighted by Gasteiger charge is -2.31. The van der Waals surface area contributed by atoms with Gasteiger partial charge in [0.1, 0.15) is 0 Å². The van der Waals surface area contributed by atoms with Crippen LogP contribution in [-0.2, 0) is 16.6 Å². The normalized spacial score (nSPS) is 18.0. The number of benzene rings is 1. The molecule has 1 aromatic carbocycles. The SMILES string of the molecule is CCS(=O)(=O)N1CCC(NCc2ccc(SC(F)(F)F)cc2)CC1. The first-order chi connectivity index (χ1) is 11.2. The molecule has 0 unspecified atom stereocenters. The second-order valence-electron chi connectivity index (χ2n) is 5.65. The number of hydrogen-bond donors (Lipinski definition) is 1. The number of rotatable bonds is 6. The van der Waals surface area contributed by atoms with Crippen LogP contribution in [-0.4, -0.2) is 43.1 Å². The van der Waals surface area contributed by atoms with Crippen LogP contribution in [0.5, 0.6) is 0 Å². The van der Waals surface area contributed by atoms with Crippen LogP contribution in [0.15, 0.2) is 29.2 Å². The van der Waals surface area contributed by atoms with Crippen molar-refractivity contribution in [2.75, 3.05) is 18.8 Å². The molecule has 1 heterocycles. The zero-order valence-electron chi connectivity index (χ0n) is 13.3. The van der Waals surface area contributed by atoms with Crippen LogP contribution in [0.25, 0.3) is 0 Å². The summed E-state index contributed by atoms with van der Waals surface area (Å²) in [7, 11) is -3.12. The van der Waals surface area contributed by atoms with Crippen LogP contribution in [0.3, 0.4) is 0 Å². The predicted molar refractivity (Wildman–Crippen MR) is 89.2 cm³/mol. The van der Waals surface area contributed by atoms with Gasteiger partial charge in [-0.05, 0) is 49.2 Å². The van der Waals surface area contributed by atoms with Gasteiger partial charge in [-0.2, -0.15) is 13.2 Å². The molecule has 0 spiro atoms. The van der Waals surface area contributed by atoms with Gasteiger partial charge in [-0.3, -0.25) is 0 Å². The fourth-order valence-electron chi connectivity index (χ4n) is 2.59. The number of hydrogen-bond acceptors (Lipinski definition) is 4. The number of nitrogens with zero attached hydrogens (tertiary/aromatic N) is 1. The van der Waals surface area contributed by atoms with Gasteiger partial charge in [0.2, 0.25) is 10.0 Å². The summed E-state index contributed by atoms with van der Waals surface area (Å²) in [5.74, 6) is 0.118. The summed E-state index contributed by atoms with van der Waals surface area (Å²) in [6, 6.07) is 6.50. The first kappa shape index (κ1) is 19.6. The summed E-state index contributed by atoms with van der Waals surface area (Å²) < 4.78 is 61.9. The van der Waals surface area contributed by atoms with Crippen molar-refractivity contribution in [3.63, 3.8) is 0 Å². The summed E-state index contributed by atoms with van der Waals surface area (Å²) in [6.45, 7) is 3.21. The molecule has 24 heavy (non-hydrogen) atoms. The molecule has 1 aliphatic rings. The molecule has 0 aromatic heterocycles. The number of sulfonamides is 1. The van der Waals surface area contributed by atoms with Gasteiger partial charge in [-0.1, -0.05) is 12.1 Å². The summed E-state index contributed by atoms with van der Waals surface area (Å²) >= 11 is -0.123. The maximum Gasteiger partial charge on any atom is 0.446 e. The molecule has 1 aromatic rings. The second kappa shape index (κ2) is 8.07. The molecular weight excluding hydrogens is 361 g/mol. The van der Waals surface area contributed by atoms with E-state index < -0.39 is 15.5 Å². The Balaban J connectivity index is 1.79. The van der Waals surface area contributed by atoms with Crippen molar-refractivity contribution < 1.29 is 21.6 Å². The summed E-state index contributed by atoms with van der Waals surface area (Å²) in [4.78, 5) is 0.171. The van der Waals surface area contributed by atoms with E-state index in [4.69, 9.17) is 0 Å². The molecule has 1 aliphatic heterocycles. The van der Waals surface area contributed by atoms with E-state index in [-0.39, 0.29) is 28.5 Å². The third kappa shape index (κ3) is 5.94. The standard InChI is InChI=1S/C15H21F3N2O2S2/c1-2-24(21,22)20-9-7-13(8-10-20)19-11-12-3-5-14(6-4-12)23-15(16,17)18/h3-6,13,19H,2,7-11H2,1H3. The molecule has 4 nitrogen and oxygen atoms in total. The number of nitrogens with one attached hydrogen (secondary N) is 1. The summed E-state index contributed by atoms with van der Waals surface area (Å²) in [6.07, 6.45) is 1.47. The van der Waals surface area contributed by atoms with Gasteiger partial charge in [0.25, 0.3) is 0 Å². The number of piperidine rings is 1. The van der Waals surface area contributed by atoms with Crippen molar-refractivity contribution >= 4 is 21.8 Å². The molecular formula is C15H21F3N2O2S2. The first-order valence-corrected chi connectivity index (χ1v) is 10.2. The Bertz CT molecular complexity index is 625. The van der Waals surface area contributed by atoms with Crippen LogP contribution in [0.1, 0.15) is 25.3 Å². The molecule has 1 N–H and O–H groups in total. The highest BCUT2D eigenvalue weighted by Gasteiger charge is 2.29. The fraction of sp³-hybridized carbons (Fsp3) is 0.600. The molecule has 2 rings (SSSR count). The van der Waals surface area contributed by atoms with E-state index in [1.54, 1.807) is 19.1 Å². The molecule has 0 aliphatic carbocycles. The van der Waals surface area contributed by atoms with Gasteiger partial charge in [-0.25, -0.2) is 12.7 Å². The van der Waals surface area contributed by atoms with Crippen molar-refractivity contribution in [2.45, 2.75) is 42.8 Å². The predicted octanol–water partition coefficient (Wildman–Crippen LogP) is 3.20. The van der Waals surface area contributed by atoms with Crippen LogP contribution >= 0.6 is 11.8 Å². The maximum absolute atomic E-state index is 12.3. The quantitative estimate of drug-likeness (QED) is 0.768. The van der Waals surface area contributed by atoms with E-state index in [9.17, 15) is 21.6 Å². The minimum atomic E-state index is -4.27. The second-order valence-corrected chi connectivity index (χ2v) is 9.04. The van der Waals surface area contributed by atoms with Gasteiger partial charge in [0, 0.05) is 30.6 Å². The number of thioether (sulfide) groups is 1. The lowest BCUT2D eigenvalue weighted by atomic mass is 10.1. The van der Waals surface area contributed by atoms with Crippen LogP contribution in [0.4, 0.5) is 13.2 Å². The van der Waals surface area contributed by atoms with Crippen LogP contribution < -0.4 is 5.32 Å². The number of alkyl halides is 3. The molecule has 0 amide bonds. The van der Waals surface area contributed by atoms with Gasteiger partial charge in [0.05, 0.1) is 5.75 Å². The van der Waals surface area contributed by atoms with E-state index in [0.29, 0.717) is 19.6 Å². The van der Waals surface area contributed by atoms with Crippen molar-refractivity contribution in [3.8, 4) is 0 Å². The van der Waals surface area contributed by atoms with E-state index in [1.807, 2.05) is 0 Å². The van der Waals surface area contributed by atoms with E-state index in [1.165, 1.54) is 16.4 Å². The Morgan fingerprint density at radius 1 is 1.21 bits per heavy atom. The van der Waals surface area contributed by atoms with Crippen molar-refractivity contribution in [2.24, 2.45) is 0 Å². The maximum atomic E-state index is 12.3. The Labute approximate surface area is 144 Å². The molecule has 0 radical (unpaired) electrons. The lowest BCUT2D eigenvalue weighted by Crippen LogP contribution is -2.45. The Hall–Kier alpha value is -0.770. The highest BCUT2D eigenvalue weighted by molar-refractivity contribution is 8.00. The van der Waals surface area contributed by atoms with Crippen LogP contribution in [0.2, 0.25) is 0 Å². The van der Waals surface area contributed by atoms with Crippen molar-refractivity contribution in [1.82, 2.24) is 9.62 Å². The highest BCUT2D eigenvalue weighted by Crippen LogP contribution is 2.36. The molecule has 136 valence electrons.